The van der Waals surface area contributed by atoms with Gasteiger partial charge in [0.15, 0.2) is 5.69 Å². The molecule has 1 aromatic heterocycles. The van der Waals surface area contributed by atoms with Crippen LogP contribution in [0.5, 0.6) is 0 Å². The zero-order chi connectivity index (χ0) is 20.3. The first-order chi connectivity index (χ1) is 13.5. The number of hydrogen-bond donors (Lipinski definition) is 0. The van der Waals surface area contributed by atoms with E-state index in [-0.39, 0.29) is 17.0 Å². The van der Waals surface area contributed by atoms with Gasteiger partial charge in [0.05, 0.1) is 31.5 Å². The number of nitriles is 1. The van der Waals surface area contributed by atoms with Crippen molar-refractivity contribution >= 4 is 11.9 Å². The summed E-state index contributed by atoms with van der Waals surface area (Å²) in [5.74, 6) is -1.42. The highest BCUT2D eigenvalue weighted by Crippen LogP contribution is 2.30. The second kappa shape index (κ2) is 7.76. The third-order valence-corrected chi connectivity index (χ3v) is 4.27. The number of aromatic nitrogens is 2. The summed E-state index contributed by atoms with van der Waals surface area (Å²) >= 11 is 0. The SMILES string of the molecule is COC(=O)c1c(-c2ccc(C#N)c(C)c2)nn(-c2ccccc2)c1C(=O)OC. The van der Waals surface area contributed by atoms with E-state index in [2.05, 4.69) is 11.2 Å². The average Bonchev–Trinajstić information content (AvgIpc) is 3.13. The van der Waals surface area contributed by atoms with Crippen molar-refractivity contribution in [1.29, 1.82) is 5.26 Å². The van der Waals surface area contributed by atoms with Crippen LogP contribution in [0.4, 0.5) is 0 Å². The van der Waals surface area contributed by atoms with E-state index in [4.69, 9.17) is 14.7 Å². The van der Waals surface area contributed by atoms with Gasteiger partial charge in [-0.25, -0.2) is 14.3 Å². The first-order valence-electron chi connectivity index (χ1n) is 8.38. The van der Waals surface area contributed by atoms with Gasteiger partial charge in [-0.2, -0.15) is 10.4 Å². The second-order valence-corrected chi connectivity index (χ2v) is 5.94. The molecule has 3 rings (SSSR count). The molecule has 140 valence electrons. The lowest BCUT2D eigenvalue weighted by atomic mass is 10.0. The molecule has 0 spiro atoms. The van der Waals surface area contributed by atoms with Crippen LogP contribution in [0.3, 0.4) is 0 Å². The van der Waals surface area contributed by atoms with E-state index in [1.165, 1.54) is 18.9 Å². The van der Waals surface area contributed by atoms with Crippen molar-refractivity contribution in [1.82, 2.24) is 9.78 Å². The molecule has 0 bridgehead atoms. The molecule has 0 saturated heterocycles. The number of ether oxygens (including phenoxy) is 2. The Morgan fingerprint density at radius 2 is 1.71 bits per heavy atom. The van der Waals surface area contributed by atoms with Crippen LogP contribution in [-0.4, -0.2) is 35.9 Å². The van der Waals surface area contributed by atoms with Crippen LogP contribution < -0.4 is 0 Å². The average molecular weight is 375 g/mol. The number of carbonyl (C=O) groups excluding carboxylic acids is 2. The number of esters is 2. The Labute approximate surface area is 161 Å². The van der Waals surface area contributed by atoms with Gasteiger partial charge < -0.3 is 9.47 Å². The van der Waals surface area contributed by atoms with Crippen LogP contribution in [0.25, 0.3) is 16.9 Å². The highest BCUT2D eigenvalue weighted by Gasteiger charge is 2.31. The van der Waals surface area contributed by atoms with E-state index < -0.39 is 11.9 Å². The highest BCUT2D eigenvalue weighted by molar-refractivity contribution is 6.06. The van der Waals surface area contributed by atoms with Crippen LogP contribution in [-0.2, 0) is 9.47 Å². The molecule has 0 radical (unpaired) electrons. The summed E-state index contributed by atoms with van der Waals surface area (Å²) in [5, 5.41) is 13.7. The van der Waals surface area contributed by atoms with E-state index in [1.54, 1.807) is 49.4 Å². The Balaban J connectivity index is 2.35. The number of para-hydroxylation sites is 1. The smallest absolute Gasteiger partial charge is 0.357 e. The summed E-state index contributed by atoms with van der Waals surface area (Å²) in [4.78, 5) is 25.1. The number of nitrogens with zero attached hydrogens (tertiary/aromatic N) is 3. The summed E-state index contributed by atoms with van der Waals surface area (Å²) in [6.07, 6.45) is 0. The molecule has 3 aromatic rings. The normalized spacial score (nSPS) is 10.2. The summed E-state index contributed by atoms with van der Waals surface area (Å²) in [7, 11) is 2.47. The molecule has 28 heavy (non-hydrogen) atoms. The molecule has 0 unspecified atom stereocenters. The van der Waals surface area contributed by atoms with Crippen molar-refractivity contribution in [2.45, 2.75) is 6.92 Å². The highest BCUT2D eigenvalue weighted by atomic mass is 16.5. The Morgan fingerprint density at radius 3 is 2.29 bits per heavy atom. The molecular formula is C21H17N3O4. The van der Waals surface area contributed by atoms with Crippen LogP contribution in [0.2, 0.25) is 0 Å². The van der Waals surface area contributed by atoms with Gasteiger partial charge in [0.2, 0.25) is 0 Å². The zero-order valence-corrected chi connectivity index (χ0v) is 15.6. The third-order valence-electron chi connectivity index (χ3n) is 4.27. The monoisotopic (exact) mass is 375 g/mol. The minimum atomic E-state index is -0.714. The Bertz CT molecular complexity index is 1090. The van der Waals surface area contributed by atoms with Crippen molar-refractivity contribution in [3.8, 4) is 23.0 Å². The first-order valence-corrected chi connectivity index (χ1v) is 8.38. The van der Waals surface area contributed by atoms with Crippen LogP contribution in [0.1, 0.15) is 32.0 Å². The second-order valence-electron chi connectivity index (χ2n) is 5.94. The molecule has 0 aliphatic rings. The van der Waals surface area contributed by atoms with Gasteiger partial charge in [0, 0.05) is 5.56 Å². The summed E-state index contributed by atoms with van der Waals surface area (Å²) in [6.45, 7) is 1.79. The van der Waals surface area contributed by atoms with Gasteiger partial charge in [-0.15, -0.1) is 0 Å². The molecule has 7 heteroatoms. The van der Waals surface area contributed by atoms with Gasteiger partial charge in [-0.1, -0.05) is 24.3 Å². The number of methoxy groups -OCH3 is 2. The van der Waals surface area contributed by atoms with Gasteiger partial charge in [-0.3, -0.25) is 0 Å². The largest absolute Gasteiger partial charge is 0.465 e. The molecule has 0 aliphatic heterocycles. The molecule has 2 aromatic carbocycles. The van der Waals surface area contributed by atoms with Crippen molar-refractivity contribution in [3.05, 3.63) is 70.9 Å². The Kier molecular flexibility index (Phi) is 5.23. The molecular weight excluding hydrogens is 358 g/mol. The van der Waals surface area contributed by atoms with Gasteiger partial charge >= 0.3 is 11.9 Å². The lowest BCUT2D eigenvalue weighted by Crippen LogP contribution is -2.15. The number of benzene rings is 2. The molecule has 0 aliphatic carbocycles. The lowest BCUT2D eigenvalue weighted by molar-refractivity contribution is 0.0549. The van der Waals surface area contributed by atoms with E-state index >= 15 is 0 Å². The number of aryl methyl sites for hydroxylation is 1. The molecule has 0 N–H and O–H groups in total. The molecule has 1 heterocycles. The van der Waals surface area contributed by atoms with Gasteiger partial charge in [0.25, 0.3) is 0 Å². The number of hydrogen-bond acceptors (Lipinski definition) is 6. The maximum Gasteiger partial charge on any atom is 0.357 e. The molecule has 0 atom stereocenters. The van der Waals surface area contributed by atoms with Crippen LogP contribution >= 0.6 is 0 Å². The quantitative estimate of drug-likeness (QED) is 0.650. The standard InChI is InChI=1S/C21H17N3O4/c1-13-11-14(9-10-15(13)12-22)18-17(20(25)27-2)19(21(26)28-3)24(23-18)16-7-5-4-6-8-16/h4-11H,1-3H3. The minimum absolute atomic E-state index is 0.00214. The van der Waals surface area contributed by atoms with E-state index in [0.29, 0.717) is 16.8 Å². The van der Waals surface area contributed by atoms with Crippen molar-refractivity contribution in [3.63, 3.8) is 0 Å². The van der Waals surface area contributed by atoms with Crippen molar-refractivity contribution < 1.29 is 19.1 Å². The zero-order valence-electron chi connectivity index (χ0n) is 15.6. The van der Waals surface area contributed by atoms with Crippen molar-refractivity contribution in [2.24, 2.45) is 0 Å². The summed E-state index contributed by atoms with van der Waals surface area (Å²) < 4.78 is 11.2. The first kappa shape index (κ1) is 18.9. The van der Waals surface area contributed by atoms with Crippen molar-refractivity contribution in [2.75, 3.05) is 14.2 Å². The minimum Gasteiger partial charge on any atom is -0.465 e. The third kappa shape index (κ3) is 3.23. The fraction of sp³-hybridized carbons (Fsp3) is 0.143. The Morgan fingerprint density at radius 1 is 1.04 bits per heavy atom. The lowest BCUT2D eigenvalue weighted by Gasteiger charge is -2.07. The van der Waals surface area contributed by atoms with E-state index in [9.17, 15) is 9.59 Å². The maximum absolute atomic E-state index is 12.6. The summed E-state index contributed by atoms with van der Waals surface area (Å²) in [6, 6.07) is 16.1. The topological polar surface area (TPSA) is 94.2 Å². The van der Waals surface area contributed by atoms with Gasteiger partial charge in [0.1, 0.15) is 11.3 Å². The summed E-state index contributed by atoms with van der Waals surface area (Å²) in [5.41, 5.74) is 2.65. The number of rotatable bonds is 4. The molecule has 0 fully saturated rings. The molecule has 7 nitrogen and oxygen atoms in total. The predicted molar refractivity (Wildman–Crippen MR) is 101 cm³/mol. The van der Waals surface area contributed by atoms with Crippen LogP contribution in [0, 0.1) is 18.3 Å². The van der Waals surface area contributed by atoms with E-state index in [0.717, 1.165) is 5.56 Å². The fourth-order valence-electron chi connectivity index (χ4n) is 2.89. The molecule has 0 saturated carbocycles. The number of carbonyl (C=O) groups is 2. The molecule has 0 amide bonds. The predicted octanol–water partition coefficient (Wildman–Crippen LogP) is 3.29. The maximum atomic E-state index is 12.6. The van der Waals surface area contributed by atoms with Gasteiger partial charge in [-0.05, 0) is 36.8 Å². The Hall–Kier alpha value is -3.92. The van der Waals surface area contributed by atoms with E-state index in [1.807, 2.05) is 6.07 Å². The fourth-order valence-corrected chi connectivity index (χ4v) is 2.89. The van der Waals surface area contributed by atoms with Crippen LogP contribution in [0.15, 0.2) is 48.5 Å².